The van der Waals surface area contributed by atoms with E-state index in [0.717, 1.165) is 12.1 Å². The van der Waals surface area contributed by atoms with Gasteiger partial charge >= 0.3 is 0 Å². The maximum atomic E-state index is 4.55. The largest absolute Gasteiger partial charge is 0.380 e. The van der Waals surface area contributed by atoms with E-state index in [0.29, 0.717) is 0 Å². The van der Waals surface area contributed by atoms with E-state index in [1.807, 2.05) is 12.3 Å². The summed E-state index contributed by atoms with van der Waals surface area (Å²) >= 11 is 0. The van der Waals surface area contributed by atoms with Crippen LogP contribution in [0.3, 0.4) is 0 Å². The van der Waals surface area contributed by atoms with Gasteiger partial charge in [-0.15, -0.1) is 0 Å². The highest BCUT2D eigenvalue weighted by molar-refractivity contribution is 6.00. The van der Waals surface area contributed by atoms with E-state index in [-0.39, 0.29) is 0 Å². The number of anilines is 1. The van der Waals surface area contributed by atoms with Crippen molar-refractivity contribution in [2.75, 3.05) is 5.32 Å². The summed E-state index contributed by atoms with van der Waals surface area (Å²) in [6, 6.07) is 16.8. The van der Waals surface area contributed by atoms with Gasteiger partial charge < -0.3 is 5.32 Å². The smallest absolute Gasteiger partial charge is 0.0723 e. The van der Waals surface area contributed by atoms with Gasteiger partial charge in [-0.25, -0.2) is 0 Å². The van der Waals surface area contributed by atoms with Crippen LogP contribution < -0.4 is 5.32 Å². The maximum absolute atomic E-state index is 4.55. The number of aromatic nitrogens is 1. The fourth-order valence-corrected chi connectivity index (χ4v) is 2.66. The van der Waals surface area contributed by atoms with Crippen molar-refractivity contribution in [2.45, 2.75) is 6.54 Å². The van der Waals surface area contributed by atoms with Gasteiger partial charge in [0.15, 0.2) is 0 Å². The van der Waals surface area contributed by atoms with Crippen molar-refractivity contribution in [1.29, 1.82) is 0 Å². The maximum Gasteiger partial charge on any atom is 0.0723 e. The number of benzene rings is 2. The lowest BCUT2D eigenvalue weighted by Gasteiger charge is -2.22. The van der Waals surface area contributed by atoms with Gasteiger partial charge in [-0.1, -0.05) is 42.5 Å². The van der Waals surface area contributed by atoms with Crippen molar-refractivity contribution in [2.24, 2.45) is 0 Å². The van der Waals surface area contributed by atoms with E-state index in [1.54, 1.807) is 0 Å². The molecule has 0 aliphatic carbocycles. The van der Waals surface area contributed by atoms with Crippen LogP contribution in [0.5, 0.6) is 0 Å². The lowest BCUT2D eigenvalue weighted by atomic mass is 9.94. The number of fused-ring (bicyclic) bond motifs is 5. The molecule has 0 bridgehead atoms. The first-order chi connectivity index (χ1) is 8.93. The minimum Gasteiger partial charge on any atom is -0.380 e. The van der Waals surface area contributed by atoms with Crippen molar-refractivity contribution in [1.82, 2.24) is 4.98 Å². The van der Waals surface area contributed by atoms with Gasteiger partial charge in [0.2, 0.25) is 0 Å². The van der Waals surface area contributed by atoms with Crippen molar-refractivity contribution in [3.63, 3.8) is 0 Å². The highest BCUT2D eigenvalue weighted by atomic mass is 14.9. The van der Waals surface area contributed by atoms with Crippen LogP contribution in [0, 0.1) is 0 Å². The zero-order valence-electron chi connectivity index (χ0n) is 9.85. The lowest BCUT2D eigenvalue weighted by Crippen LogP contribution is -2.09. The number of nitrogens with one attached hydrogen (secondary N) is 1. The van der Waals surface area contributed by atoms with Gasteiger partial charge in [-0.2, -0.15) is 0 Å². The molecule has 0 radical (unpaired) electrons. The summed E-state index contributed by atoms with van der Waals surface area (Å²) in [5, 5.41) is 4.72. The Labute approximate surface area is 105 Å². The molecule has 0 fully saturated rings. The van der Waals surface area contributed by atoms with Crippen molar-refractivity contribution < 1.29 is 0 Å². The van der Waals surface area contributed by atoms with E-state index >= 15 is 0 Å². The lowest BCUT2D eigenvalue weighted by molar-refractivity contribution is 1.13. The Morgan fingerprint density at radius 1 is 0.889 bits per heavy atom. The van der Waals surface area contributed by atoms with Crippen LogP contribution in [-0.4, -0.2) is 4.98 Å². The molecule has 2 aromatic carbocycles. The van der Waals surface area contributed by atoms with Gasteiger partial charge in [0, 0.05) is 23.7 Å². The molecule has 4 rings (SSSR count). The van der Waals surface area contributed by atoms with Crippen LogP contribution in [-0.2, 0) is 6.54 Å². The Morgan fingerprint density at radius 2 is 1.72 bits per heavy atom. The van der Waals surface area contributed by atoms with Crippen molar-refractivity contribution in [3.8, 4) is 11.1 Å². The van der Waals surface area contributed by atoms with Gasteiger partial charge in [0.05, 0.1) is 11.2 Å². The van der Waals surface area contributed by atoms with E-state index in [9.17, 15) is 0 Å². The SMILES string of the molecule is c1ccc2c(c1)CNc1c-2cnc2ccccc12. The van der Waals surface area contributed by atoms with Crippen molar-refractivity contribution in [3.05, 3.63) is 60.3 Å². The Morgan fingerprint density at radius 3 is 2.72 bits per heavy atom. The molecule has 0 saturated heterocycles. The third-order valence-electron chi connectivity index (χ3n) is 3.54. The van der Waals surface area contributed by atoms with Crippen LogP contribution in [0.15, 0.2) is 54.7 Å². The van der Waals surface area contributed by atoms with Gasteiger partial charge in [-0.3, -0.25) is 4.98 Å². The fourth-order valence-electron chi connectivity index (χ4n) is 2.66. The summed E-state index contributed by atoms with van der Waals surface area (Å²) in [4.78, 5) is 4.55. The third kappa shape index (κ3) is 1.26. The van der Waals surface area contributed by atoms with Gasteiger partial charge in [0.25, 0.3) is 0 Å². The molecule has 2 nitrogen and oxygen atoms in total. The molecule has 1 aliphatic rings. The summed E-state index contributed by atoms with van der Waals surface area (Å²) in [5.41, 5.74) is 6.09. The highest BCUT2D eigenvalue weighted by Crippen LogP contribution is 2.38. The molecule has 1 aromatic heterocycles. The Bertz CT molecular complexity index is 747. The normalized spacial score (nSPS) is 12.7. The summed E-state index contributed by atoms with van der Waals surface area (Å²) in [6.07, 6.45) is 1.97. The van der Waals surface area contributed by atoms with Crippen LogP contribution in [0.1, 0.15) is 5.56 Å². The monoisotopic (exact) mass is 232 g/mol. The van der Waals surface area contributed by atoms with E-state index < -0.39 is 0 Å². The molecule has 86 valence electrons. The van der Waals surface area contributed by atoms with Crippen LogP contribution >= 0.6 is 0 Å². The zero-order chi connectivity index (χ0) is 11.9. The van der Waals surface area contributed by atoms with Gasteiger partial charge in [0.1, 0.15) is 0 Å². The fraction of sp³-hybridized carbons (Fsp3) is 0.0625. The first-order valence-corrected chi connectivity index (χ1v) is 6.13. The topological polar surface area (TPSA) is 24.9 Å². The average molecular weight is 232 g/mol. The first-order valence-electron chi connectivity index (χ1n) is 6.13. The zero-order valence-corrected chi connectivity index (χ0v) is 9.85. The molecule has 0 atom stereocenters. The second-order valence-corrected chi connectivity index (χ2v) is 4.57. The van der Waals surface area contributed by atoms with Crippen molar-refractivity contribution >= 4 is 16.6 Å². The number of nitrogens with zero attached hydrogens (tertiary/aromatic N) is 1. The molecule has 3 aromatic rings. The molecular weight excluding hydrogens is 220 g/mol. The molecule has 0 unspecified atom stereocenters. The predicted octanol–water partition coefficient (Wildman–Crippen LogP) is 3.83. The summed E-state index contributed by atoms with van der Waals surface area (Å²) < 4.78 is 0. The molecule has 1 N–H and O–H groups in total. The highest BCUT2D eigenvalue weighted by Gasteiger charge is 2.17. The molecular formula is C16H12N2. The third-order valence-corrected chi connectivity index (χ3v) is 3.54. The van der Waals surface area contributed by atoms with E-state index in [1.165, 1.54) is 27.8 Å². The van der Waals surface area contributed by atoms with E-state index in [2.05, 4.69) is 52.8 Å². The molecule has 2 heteroatoms. The molecule has 1 aliphatic heterocycles. The summed E-state index contributed by atoms with van der Waals surface area (Å²) in [7, 11) is 0. The number of hydrogen-bond donors (Lipinski definition) is 1. The number of para-hydroxylation sites is 1. The molecule has 18 heavy (non-hydrogen) atoms. The van der Waals surface area contributed by atoms with Gasteiger partial charge in [-0.05, 0) is 17.2 Å². The Hall–Kier alpha value is -2.35. The first kappa shape index (κ1) is 9.66. The quantitative estimate of drug-likeness (QED) is 0.637. The molecule has 0 saturated carbocycles. The minimum absolute atomic E-state index is 0.886. The minimum atomic E-state index is 0.886. The number of hydrogen-bond acceptors (Lipinski definition) is 2. The molecule has 2 heterocycles. The van der Waals surface area contributed by atoms with E-state index in [4.69, 9.17) is 0 Å². The predicted molar refractivity (Wildman–Crippen MR) is 74.5 cm³/mol. The number of pyridine rings is 1. The average Bonchev–Trinajstić information content (AvgIpc) is 2.46. The summed E-state index contributed by atoms with van der Waals surface area (Å²) in [6.45, 7) is 0.886. The van der Waals surface area contributed by atoms with Crippen LogP contribution in [0.2, 0.25) is 0 Å². The molecule has 0 spiro atoms. The van der Waals surface area contributed by atoms with Crippen LogP contribution in [0.25, 0.3) is 22.0 Å². The second-order valence-electron chi connectivity index (χ2n) is 4.57. The summed E-state index contributed by atoms with van der Waals surface area (Å²) in [5.74, 6) is 0. The Kier molecular flexibility index (Phi) is 1.92. The number of rotatable bonds is 0. The standard InChI is InChI=1S/C16H12N2/c1-2-6-12-11(5-1)9-18-16-13-7-3-4-8-15(13)17-10-14(12)16/h1-8,10,18H,9H2. The second kappa shape index (κ2) is 3.57. The van der Waals surface area contributed by atoms with Crippen LogP contribution in [0.4, 0.5) is 5.69 Å². The molecule has 0 amide bonds. The Balaban J connectivity index is 2.09.